The van der Waals surface area contributed by atoms with Gasteiger partial charge in [-0.3, -0.25) is 4.79 Å². The van der Waals surface area contributed by atoms with Crippen LogP contribution in [0.5, 0.6) is 0 Å². The van der Waals surface area contributed by atoms with Crippen molar-refractivity contribution in [3.05, 3.63) is 48.3 Å². The topological polar surface area (TPSA) is 91.2 Å². The molecule has 0 bridgehead atoms. The number of piperidine rings is 1. The largest absolute Gasteiger partial charge is 0.481 e. The third-order valence-corrected chi connectivity index (χ3v) is 6.57. The molecule has 3 aromatic heterocycles. The van der Waals surface area contributed by atoms with Crippen LogP contribution in [-0.2, 0) is 4.79 Å². The van der Waals surface area contributed by atoms with Crippen molar-refractivity contribution in [1.82, 2.24) is 15.0 Å². The number of nitrogens with zero attached hydrogens (tertiary/aromatic N) is 4. The number of anilines is 3. The van der Waals surface area contributed by atoms with E-state index in [0.717, 1.165) is 58.8 Å². The fourth-order valence-corrected chi connectivity index (χ4v) is 4.62. The Labute approximate surface area is 179 Å². The average molecular weight is 424 g/mol. The highest BCUT2D eigenvalue weighted by molar-refractivity contribution is 7.18. The lowest BCUT2D eigenvalue weighted by Gasteiger charge is -2.38. The summed E-state index contributed by atoms with van der Waals surface area (Å²) < 4.78 is 0. The fourth-order valence-electron chi connectivity index (χ4n) is 3.69. The van der Waals surface area contributed by atoms with Crippen LogP contribution < -0.4 is 10.2 Å². The van der Waals surface area contributed by atoms with Crippen LogP contribution in [0.1, 0.15) is 31.7 Å². The quantitative estimate of drug-likeness (QED) is 0.592. The Bertz CT molecular complexity index is 1040. The first-order valence-corrected chi connectivity index (χ1v) is 10.8. The van der Waals surface area contributed by atoms with Crippen LogP contribution in [-0.4, -0.2) is 39.1 Å². The molecule has 1 aliphatic rings. The van der Waals surface area contributed by atoms with E-state index in [9.17, 15) is 4.79 Å². The summed E-state index contributed by atoms with van der Waals surface area (Å²) in [5.41, 5.74) is 1.87. The van der Waals surface area contributed by atoms with E-state index in [1.165, 1.54) is 0 Å². The molecule has 0 saturated carbocycles. The van der Waals surface area contributed by atoms with Gasteiger partial charge in [0.25, 0.3) is 0 Å². The van der Waals surface area contributed by atoms with Gasteiger partial charge >= 0.3 is 5.97 Å². The van der Waals surface area contributed by atoms with Crippen LogP contribution in [0.15, 0.2) is 42.7 Å². The minimum atomic E-state index is -0.720. The number of carboxylic acid groups (broad SMARTS) is 1. The van der Waals surface area contributed by atoms with Gasteiger partial charge in [0.15, 0.2) is 5.13 Å². The van der Waals surface area contributed by atoms with Crippen molar-refractivity contribution in [3.8, 4) is 10.6 Å². The first-order chi connectivity index (χ1) is 14.4. The molecule has 1 fully saturated rings. The summed E-state index contributed by atoms with van der Waals surface area (Å²) in [6.45, 7) is 5.74. The van der Waals surface area contributed by atoms with E-state index in [2.05, 4.69) is 27.1 Å². The minimum Gasteiger partial charge on any atom is -0.481 e. The van der Waals surface area contributed by atoms with Crippen molar-refractivity contribution in [2.24, 2.45) is 5.41 Å². The molecule has 0 atom stereocenters. The molecule has 0 amide bonds. The first-order valence-electron chi connectivity index (χ1n) is 10.00. The van der Waals surface area contributed by atoms with Crippen molar-refractivity contribution in [2.45, 2.75) is 33.1 Å². The number of hydrogen-bond donors (Lipinski definition) is 2. The second kappa shape index (κ2) is 8.39. The number of carbonyl (C=O) groups is 1. The molecule has 0 spiro atoms. The third-order valence-electron chi connectivity index (χ3n) is 5.49. The first kappa shape index (κ1) is 20.3. The average Bonchev–Trinajstić information content (AvgIpc) is 3.18. The Morgan fingerprint density at radius 1 is 1.23 bits per heavy atom. The highest BCUT2D eigenvalue weighted by Gasteiger charge is 2.33. The SMILES string of the molecule is Cc1ccnc(Nc2cccc(-c3cnc(N4CCC(C)(CC(=O)O)CC4)s3)n2)c1. The molecule has 3 aromatic rings. The lowest BCUT2D eigenvalue weighted by molar-refractivity contribution is -0.139. The van der Waals surface area contributed by atoms with Crippen molar-refractivity contribution in [2.75, 3.05) is 23.3 Å². The highest BCUT2D eigenvalue weighted by Crippen LogP contribution is 2.38. The zero-order valence-corrected chi connectivity index (χ0v) is 17.9. The number of pyridine rings is 2. The molecule has 2 N–H and O–H groups in total. The van der Waals surface area contributed by atoms with E-state index in [0.29, 0.717) is 0 Å². The van der Waals surface area contributed by atoms with Gasteiger partial charge in [-0.1, -0.05) is 24.3 Å². The Morgan fingerprint density at radius 2 is 2.03 bits per heavy atom. The molecule has 0 aliphatic carbocycles. The third kappa shape index (κ3) is 4.76. The summed E-state index contributed by atoms with van der Waals surface area (Å²) in [6, 6.07) is 9.81. The maximum Gasteiger partial charge on any atom is 0.303 e. The Morgan fingerprint density at radius 3 is 2.77 bits per heavy atom. The summed E-state index contributed by atoms with van der Waals surface area (Å²) >= 11 is 1.62. The molecule has 7 nitrogen and oxygen atoms in total. The molecular formula is C22H25N5O2S. The lowest BCUT2D eigenvalue weighted by Crippen LogP contribution is -2.39. The smallest absolute Gasteiger partial charge is 0.303 e. The van der Waals surface area contributed by atoms with Crippen molar-refractivity contribution >= 4 is 34.1 Å². The molecule has 0 radical (unpaired) electrons. The zero-order chi connectivity index (χ0) is 21.1. The van der Waals surface area contributed by atoms with E-state index in [-0.39, 0.29) is 11.8 Å². The standard InChI is InChI=1S/C22H25N5O2S/c1-15-6-9-23-19(12-15)26-18-5-3-4-16(25-18)17-14-24-21(30-17)27-10-7-22(2,8-11-27)13-20(28)29/h3-6,9,12,14H,7-8,10-11,13H2,1-2H3,(H,28,29)(H,23,25,26). The number of carboxylic acids is 1. The Balaban J connectivity index is 1.45. The fraction of sp³-hybridized carbons (Fsp3) is 0.364. The van der Waals surface area contributed by atoms with Gasteiger partial charge in [0.1, 0.15) is 11.6 Å². The molecule has 0 aromatic carbocycles. The molecular weight excluding hydrogens is 398 g/mol. The van der Waals surface area contributed by atoms with E-state index >= 15 is 0 Å². The van der Waals surface area contributed by atoms with E-state index in [1.807, 2.05) is 43.5 Å². The van der Waals surface area contributed by atoms with Crippen LogP contribution in [0.4, 0.5) is 16.8 Å². The maximum absolute atomic E-state index is 11.1. The van der Waals surface area contributed by atoms with Crippen LogP contribution in [0, 0.1) is 12.3 Å². The second-order valence-electron chi connectivity index (χ2n) is 8.13. The lowest BCUT2D eigenvalue weighted by atomic mass is 9.78. The van der Waals surface area contributed by atoms with Gasteiger partial charge in [-0.05, 0) is 55.0 Å². The van der Waals surface area contributed by atoms with Gasteiger partial charge in [-0.2, -0.15) is 0 Å². The summed E-state index contributed by atoms with van der Waals surface area (Å²) in [6.07, 6.45) is 5.58. The van der Waals surface area contributed by atoms with Crippen LogP contribution in [0.25, 0.3) is 10.6 Å². The maximum atomic E-state index is 11.1. The van der Waals surface area contributed by atoms with Crippen molar-refractivity contribution in [3.63, 3.8) is 0 Å². The van der Waals surface area contributed by atoms with E-state index in [1.54, 1.807) is 17.5 Å². The molecule has 0 unspecified atom stereocenters. The number of aryl methyl sites for hydroxylation is 1. The van der Waals surface area contributed by atoms with Crippen LogP contribution in [0.2, 0.25) is 0 Å². The number of aromatic nitrogens is 3. The molecule has 1 saturated heterocycles. The number of nitrogens with one attached hydrogen (secondary N) is 1. The summed E-state index contributed by atoms with van der Waals surface area (Å²) in [5.74, 6) is 0.785. The van der Waals surface area contributed by atoms with Crippen LogP contribution in [0.3, 0.4) is 0 Å². The Kier molecular flexibility index (Phi) is 5.67. The molecule has 4 heterocycles. The number of thiazole rings is 1. The van der Waals surface area contributed by atoms with Crippen molar-refractivity contribution in [1.29, 1.82) is 0 Å². The second-order valence-corrected chi connectivity index (χ2v) is 9.14. The molecule has 156 valence electrons. The minimum absolute atomic E-state index is 0.131. The van der Waals surface area contributed by atoms with Crippen LogP contribution >= 0.6 is 11.3 Å². The monoisotopic (exact) mass is 423 g/mol. The highest BCUT2D eigenvalue weighted by atomic mass is 32.1. The molecule has 1 aliphatic heterocycles. The predicted octanol–water partition coefficient (Wildman–Crippen LogP) is 4.73. The normalized spacial score (nSPS) is 15.7. The number of rotatable bonds is 6. The summed E-state index contributed by atoms with van der Waals surface area (Å²) in [7, 11) is 0. The summed E-state index contributed by atoms with van der Waals surface area (Å²) in [5, 5.41) is 13.3. The molecule has 4 rings (SSSR count). The van der Waals surface area contributed by atoms with Crippen molar-refractivity contribution < 1.29 is 9.90 Å². The van der Waals surface area contributed by atoms with Gasteiger partial charge < -0.3 is 15.3 Å². The van der Waals surface area contributed by atoms with E-state index < -0.39 is 5.97 Å². The molecule has 30 heavy (non-hydrogen) atoms. The molecule has 8 heteroatoms. The summed E-state index contributed by atoms with van der Waals surface area (Å²) in [4.78, 5) is 28.0. The van der Waals surface area contributed by atoms with E-state index in [4.69, 9.17) is 10.1 Å². The van der Waals surface area contributed by atoms with Gasteiger partial charge in [-0.15, -0.1) is 0 Å². The van der Waals surface area contributed by atoms with Gasteiger partial charge in [0, 0.05) is 25.5 Å². The predicted molar refractivity (Wildman–Crippen MR) is 119 cm³/mol. The van der Waals surface area contributed by atoms with Gasteiger partial charge in [-0.25, -0.2) is 15.0 Å². The number of hydrogen-bond acceptors (Lipinski definition) is 7. The van der Waals surface area contributed by atoms with Gasteiger partial charge in [0.05, 0.1) is 17.0 Å². The zero-order valence-electron chi connectivity index (χ0n) is 17.1. The van der Waals surface area contributed by atoms with Gasteiger partial charge in [0.2, 0.25) is 0 Å². The number of aliphatic carboxylic acids is 1. The Hall–Kier alpha value is -3.00.